The van der Waals surface area contributed by atoms with Gasteiger partial charge in [-0.3, -0.25) is 4.79 Å². The van der Waals surface area contributed by atoms with E-state index >= 15 is 0 Å². The molecule has 1 heterocycles. The summed E-state index contributed by atoms with van der Waals surface area (Å²) < 4.78 is 2.26. The van der Waals surface area contributed by atoms with Gasteiger partial charge in [-0.25, -0.2) is 0 Å². The van der Waals surface area contributed by atoms with Gasteiger partial charge < -0.3 is 15.1 Å². The molecule has 0 radical (unpaired) electrons. The molecule has 4 nitrogen and oxygen atoms in total. The zero-order chi connectivity index (χ0) is 21.5. The monoisotopic (exact) mass is 398 g/mol. The molecule has 0 aliphatic rings. The minimum atomic E-state index is -0.833. The topological polar surface area (TPSA) is 66.1 Å². The number of benzene rings is 3. The van der Waals surface area contributed by atoms with Crippen LogP contribution < -0.4 is 0 Å². The van der Waals surface area contributed by atoms with E-state index in [9.17, 15) is 0 Å². The Morgan fingerprint density at radius 3 is 2.23 bits per heavy atom. The molecule has 0 unspecified atom stereocenters. The summed E-state index contributed by atoms with van der Waals surface area (Å²) in [6.45, 7) is 4.01. The van der Waals surface area contributed by atoms with E-state index in [0.29, 0.717) is 12.1 Å². The van der Waals surface area contributed by atoms with E-state index in [4.69, 9.17) is 15.3 Å². The molecule has 152 valence electrons. The summed E-state index contributed by atoms with van der Waals surface area (Å²) in [5, 5.41) is 17.3. The number of rotatable bonds is 5. The first-order chi connectivity index (χ1) is 14.5. The molecule has 0 aliphatic heterocycles. The SMILES string of the molecule is CC(=O)O.Cc1ccccc1CC(=N)c1cn(Cc2ccccc2)c2ccccc12. The van der Waals surface area contributed by atoms with Crippen LogP contribution in [0.5, 0.6) is 0 Å². The highest BCUT2D eigenvalue weighted by Gasteiger charge is 2.13. The molecular formula is C26H26N2O2. The van der Waals surface area contributed by atoms with Crippen molar-refractivity contribution in [3.05, 3.63) is 107 Å². The van der Waals surface area contributed by atoms with Gasteiger partial charge in [0.05, 0.1) is 0 Å². The van der Waals surface area contributed by atoms with Crippen LogP contribution in [0.25, 0.3) is 10.9 Å². The molecule has 1 aromatic heterocycles. The van der Waals surface area contributed by atoms with Crippen LogP contribution in [0.1, 0.15) is 29.2 Å². The summed E-state index contributed by atoms with van der Waals surface area (Å²) >= 11 is 0. The van der Waals surface area contributed by atoms with Crippen LogP contribution in [0.3, 0.4) is 0 Å². The van der Waals surface area contributed by atoms with Gasteiger partial charge in [-0.1, -0.05) is 72.8 Å². The minimum absolute atomic E-state index is 0.659. The van der Waals surface area contributed by atoms with Crippen molar-refractivity contribution in [2.75, 3.05) is 0 Å². The van der Waals surface area contributed by atoms with Crippen molar-refractivity contribution in [2.24, 2.45) is 0 Å². The molecule has 0 aliphatic carbocycles. The lowest BCUT2D eigenvalue weighted by molar-refractivity contribution is -0.134. The third kappa shape index (κ3) is 5.23. The second kappa shape index (κ2) is 9.70. The highest BCUT2D eigenvalue weighted by molar-refractivity contribution is 6.10. The Morgan fingerprint density at radius 2 is 1.53 bits per heavy atom. The van der Waals surface area contributed by atoms with Gasteiger partial charge >= 0.3 is 0 Å². The molecule has 30 heavy (non-hydrogen) atoms. The van der Waals surface area contributed by atoms with Crippen molar-refractivity contribution in [1.29, 1.82) is 5.41 Å². The number of nitrogens with one attached hydrogen (secondary N) is 1. The second-order valence-corrected chi connectivity index (χ2v) is 7.27. The van der Waals surface area contributed by atoms with Crippen LogP contribution in [-0.4, -0.2) is 21.4 Å². The minimum Gasteiger partial charge on any atom is -0.481 e. The molecule has 0 spiro atoms. The predicted octanol–water partition coefficient (Wildman–Crippen LogP) is 5.70. The lowest BCUT2D eigenvalue weighted by Crippen LogP contribution is -2.04. The number of aryl methyl sites for hydroxylation is 1. The van der Waals surface area contributed by atoms with E-state index in [1.165, 1.54) is 22.2 Å². The molecule has 0 atom stereocenters. The van der Waals surface area contributed by atoms with Crippen molar-refractivity contribution in [3.63, 3.8) is 0 Å². The maximum atomic E-state index is 9.00. The first-order valence-electron chi connectivity index (χ1n) is 9.89. The number of hydrogen-bond donors (Lipinski definition) is 2. The number of aliphatic carboxylic acids is 1. The van der Waals surface area contributed by atoms with Gasteiger partial charge in [-0.05, 0) is 29.7 Å². The van der Waals surface area contributed by atoms with Gasteiger partial charge in [-0.2, -0.15) is 0 Å². The van der Waals surface area contributed by atoms with Crippen molar-refractivity contribution < 1.29 is 9.90 Å². The lowest BCUT2D eigenvalue weighted by Gasteiger charge is -2.06. The molecule has 0 bridgehead atoms. The summed E-state index contributed by atoms with van der Waals surface area (Å²) in [6, 6.07) is 27.2. The molecule has 4 rings (SSSR count). The summed E-state index contributed by atoms with van der Waals surface area (Å²) in [5.41, 5.74) is 6.61. The third-order valence-electron chi connectivity index (χ3n) is 4.94. The molecule has 0 fully saturated rings. The van der Waals surface area contributed by atoms with Crippen LogP contribution in [-0.2, 0) is 17.8 Å². The molecule has 0 amide bonds. The second-order valence-electron chi connectivity index (χ2n) is 7.27. The standard InChI is InChI=1S/C24H22N2.C2H4O2/c1-18-9-5-6-12-20(18)15-23(25)22-17-26(16-19-10-3-2-4-11-19)24-14-8-7-13-21(22)24;1-2(3)4/h2-14,17,25H,15-16H2,1H3;1H3,(H,3,4). The Hall–Kier alpha value is -3.66. The highest BCUT2D eigenvalue weighted by Crippen LogP contribution is 2.24. The van der Waals surface area contributed by atoms with Crippen LogP contribution in [0.4, 0.5) is 0 Å². The van der Waals surface area contributed by atoms with Gasteiger partial charge in [0.25, 0.3) is 5.97 Å². The maximum absolute atomic E-state index is 9.00. The molecule has 4 heteroatoms. The number of fused-ring (bicyclic) bond motifs is 1. The zero-order valence-electron chi connectivity index (χ0n) is 17.3. The van der Waals surface area contributed by atoms with Crippen LogP contribution in [0, 0.1) is 12.3 Å². The number of hydrogen-bond acceptors (Lipinski definition) is 2. The Balaban J connectivity index is 0.000000589. The number of carboxylic acid groups (broad SMARTS) is 1. The van der Waals surface area contributed by atoms with Gasteiger partial charge in [-0.15, -0.1) is 0 Å². The normalized spacial score (nSPS) is 10.3. The van der Waals surface area contributed by atoms with Crippen molar-refractivity contribution >= 4 is 22.6 Å². The number of aromatic nitrogens is 1. The Bertz CT molecular complexity index is 1160. The third-order valence-corrected chi connectivity index (χ3v) is 4.94. The molecular weight excluding hydrogens is 372 g/mol. The quantitative estimate of drug-likeness (QED) is 0.424. The van der Waals surface area contributed by atoms with Crippen LogP contribution in [0.2, 0.25) is 0 Å². The first-order valence-corrected chi connectivity index (χ1v) is 9.89. The number of carboxylic acids is 1. The van der Waals surface area contributed by atoms with Crippen molar-refractivity contribution in [1.82, 2.24) is 4.57 Å². The van der Waals surface area contributed by atoms with E-state index in [0.717, 1.165) is 24.4 Å². The van der Waals surface area contributed by atoms with E-state index in [-0.39, 0.29) is 0 Å². The van der Waals surface area contributed by atoms with E-state index in [1.54, 1.807) is 0 Å². The van der Waals surface area contributed by atoms with Gasteiger partial charge in [0.1, 0.15) is 0 Å². The Kier molecular flexibility index (Phi) is 6.81. The summed E-state index contributed by atoms with van der Waals surface area (Å²) in [6.07, 6.45) is 2.80. The first kappa shape index (κ1) is 21.1. The number of carbonyl (C=O) groups is 1. The molecule has 4 aromatic rings. The summed E-state index contributed by atoms with van der Waals surface area (Å²) in [4.78, 5) is 9.00. The fourth-order valence-electron chi connectivity index (χ4n) is 3.49. The predicted molar refractivity (Wildman–Crippen MR) is 123 cm³/mol. The highest BCUT2D eigenvalue weighted by atomic mass is 16.4. The molecule has 0 saturated heterocycles. The van der Waals surface area contributed by atoms with Crippen molar-refractivity contribution in [2.45, 2.75) is 26.8 Å². The van der Waals surface area contributed by atoms with Crippen molar-refractivity contribution in [3.8, 4) is 0 Å². The van der Waals surface area contributed by atoms with E-state index in [1.807, 2.05) is 18.2 Å². The fourth-order valence-corrected chi connectivity index (χ4v) is 3.49. The summed E-state index contributed by atoms with van der Waals surface area (Å²) in [7, 11) is 0. The number of nitrogens with zero attached hydrogens (tertiary/aromatic N) is 1. The smallest absolute Gasteiger partial charge is 0.300 e. The average Bonchev–Trinajstić information content (AvgIpc) is 3.09. The number of para-hydroxylation sites is 1. The summed E-state index contributed by atoms with van der Waals surface area (Å²) in [5.74, 6) is -0.833. The van der Waals surface area contributed by atoms with E-state index in [2.05, 4.69) is 78.4 Å². The lowest BCUT2D eigenvalue weighted by atomic mass is 9.99. The van der Waals surface area contributed by atoms with Crippen LogP contribution in [0.15, 0.2) is 85.1 Å². The largest absolute Gasteiger partial charge is 0.481 e. The zero-order valence-corrected chi connectivity index (χ0v) is 17.3. The van der Waals surface area contributed by atoms with Gasteiger partial charge in [0.2, 0.25) is 0 Å². The Morgan fingerprint density at radius 1 is 0.933 bits per heavy atom. The van der Waals surface area contributed by atoms with Gasteiger partial charge in [0, 0.05) is 48.3 Å². The molecule has 0 saturated carbocycles. The Labute approximate surface area is 176 Å². The van der Waals surface area contributed by atoms with E-state index < -0.39 is 5.97 Å². The fraction of sp³-hybridized carbons (Fsp3) is 0.154. The molecule has 3 aromatic carbocycles. The van der Waals surface area contributed by atoms with Gasteiger partial charge in [0.15, 0.2) is 0 Å². The van der Waals surface area contributed by atoms with Crippen LogP contribution >= 0.6 is 0 Å². The molecule has 2 N–H and O–H groups in total. The maximum Gasteiger partial charge on any atom is 0.300 e. The average molecular weight is 399 g/mol.